The normalized spacial score (nSPS) is 14.7. The molecule has 34 heavy (non-hydrogen) atoms. The SMILES string of the molecule is CCOc1cc2c(cc1NC(=O)CSc1ccccc1C(=O)OCC(=O)C(C)(C)C)O[C@H](C)C2. The number of benzene rings is 2. The van der Waals surface area contributed by atoms with E-state index in [0.717, 1.165) is 17.7 Å². The van der Waals surface area contributed by atoms with E-state index >= 15 is 0 Å². The minimum atomic E-state index is -0.593. The molecule has 2 aromatic carbocycles. The van der Waals surface area contributed by atoms with Gasteiger partial charge in [-0.3, -0.25) is 9.59 Å². The number of amides is 1. The highest BCUT2D eigenvalue weighted by Gasteiger charge is 2.24. The molecule has 0 fully saturated rings. The average Bonchev–Trinajstić information content (AvgIpc) is 3.14. The van der Waals surface area contributed by atoms with Gasteiger partial charge in [-0.1, -0.05) is 32.9 Å². The average molecular weight is 486 g/mol. The van der Waals surface area contributed by atoms with Gasteiger partial charge < -0.3 is 19.5 Å². The van der Waals surface area contributed by atoms with Crippen molar-refractivity contribution in [1.29, 1.82) is 0 Å². The number of thioether (sulfide) groups is 1. The molecule has 1 atom stereocenters. The predicted molar refractivity (Wildman–Crippen MR) is 132 cm³/mol. The van der Waals surface area contributed by atoms with Crippen molar-refractivity contribution >= 4 is 35.1 Å². The van der Waals surface area contributed by atoms with E-state index in [1.165, 1.54) is 11.8 Å². The molecule has 0 unspecified atom stereocenters. The van der Waals surface area contributed by atoms with E-state index in [2.05, 4.69) is 5.32 Å². The van der Waals surface area contributed by atoms with Crippen LogP contribution < -0.4 is 14.8 Å². The first-order valence-corrected chi connectivity index (χ1v) is 12.3. The summed E-state index contributed by atoms with van der Waals surface area (Å²) in [6.45, 7) is 9.39. The van der Waals surface area contributed by atoms with E-state index in [-0.39, 0.29) is 30.2 Å². The van der Waals surface area contributed by atoms with Gasteiger partial charge in [0.15, 0.2) is 12.4 Å². The number of esters is 1. The highest BCUT2D eigenvalue weighted by molar-refractivity contribution is 8.00. The lowest BCUT2D eigenvalue weighted by molar-refractivity contribution is -0.129. The standard InChI is InChI=1S/C26H31NO6S/c1-6-31-21-12-17-11-16(2)33-20(17)13-19(21)27-24(29)15-34-22-10-8-7-9-18(22)25(30)32-14-23(28)26(3,4)5/h7-10,12-13,16H,6,11,14-15H2,1-5H3,(H,27,29)/t16-/m1/s1. The van der Waals surface area contributed by atoms with E-state index in [1.807, 2.05) is 19.9 Å². The number of hydrogen-bond donors (Lipinski definition) is 1. The van der Waals surface area contributed by atoms with Crippen LogP contribution in [0.2, 0.25) is 0 Å². The van der Waals surface area contributed by atoms with Gasteiger partial charge in [0, 0.05) is 28.4 Å². The number of ketones is 1. The van der Waals surface area contributed by atoms with Crippen LogP contribution in [0.1, 0.15) is 50.5 Å². The Hall–Kier alpha value is -3.00. The minimum absolute atomic E-state index is 0.0745. The molecule has 0 bridgehead atoms. The fraction of sp³-hybridized carbons (Fsp3) is 0.423. The fourth-order valence-corrected chi connectivity index (χ4v) is 4.17. The highest BCUT2D eigenvalue weighted by atomic mass is 32.2. The molecule has 1 heterocycles. The van der Waals surface area contributed by atoms with Crippen LogP contribution in [0.4, 0.5) is 5.69 Å². The third kappa shape index (κ3) is 6.53. The topological polar surface area (TPSA) is 90.9 Å². The van der Waals surface area contributed by atoms with Gasteiger partial charge in [-0.2, -0.15) is 0 Å². The molecule has 0 aromatic heterocycles. The number of fused-ring (bicyclic) bond motifs is 1. The Labute approximate surface area is 204 Å². The van der Waals surface area contributed by atoms with E-state index in [4.69, 9.17) is 14.2 Å². The lowest BCUT2D eigenvalue weighted by Crippen LogP contribution is -2.26. The molecule has 0 aliphatic carbocycles. The van der Waals surface area contributed by atoms with Gasteiger partial charge in [0.05, 0.1) is 23.6 Å². The van der Waals surface area contributed by atoms with Gasteiger partial charge in [0.25, 0.3) is 0 Å². The first-order chi connectivity index (χ1) is 16.1. The number of Topliss-reactive ketones (excluding diaryl/α,β-unsaturated/α-hetero) is 1. The second kappa shape index (κ2) is 11.0. The maximum Gasteiger partial charge on any atom is 0.339 e. The summed E-state index contributed by atoms with van der Waals surface area (Å²) >= 11 is 1.22. The summed E-state index contributed by atoms with van der Waals surface area (Å²) in [4.78, 5) is 38.0. The summed E-state index contributed by atoms with van der Waals surface area (Å²) in [5, 5.41) is 2.89. The highest BCUT2D eigenvalue weighted by Crippen LogP contribution is 2.38. The summed E-state index contributed by atoms with van der Waals surface area (Å²) in [5.41, 5.74) is 1.33. The van der Waals surface area contributed by atoms with E-state index in [0.29, 0.717) is 28.5 Å². The Bertz CT molecular complexity index is 1080. The van der Waals surface area contributed by atoms with Crippen molar-refractivity contribution in [3.8, 4) is 11.5 Å². The quantitative estimate of drug-likeness (QED) is 0.399. The molecule has 1 aliphatic rings. The Morgan fingerprint density at radius 3 is 2.62 bits per heavy atom. The van der Waals surface area contributed by atoms with E-state index in [9.17, 15) is 14.4 Å². The number of ether oxygens (including phenoxy) is 3. The van der Waals surface area contributed by atoms with Crippen molar-refractivity contribution in [2.24, 2.45) is 5.41 Å². The predicted octanol–water partition coefficient (Wildman–Crippen LogP) is 4.91. The van der Waals surface area contributed by atoms with Gasteiger partial charge in [-0.15, -0.1) is 11.8 Å². The van der Waals surface area contributed by atoms with Crippen LogP contribution in [-0.4, -0.2) is 42.7 Å². The smallest absolute Gasteiger partial charge is 0.339 e. The van der Waals surface area contributed by atoms with E-state index < -0.39 is 11.4 Å². The molecule has 1 N–H and O–H groups in total. The molecule has 0 saturated carbocycles. The van der Waals surface area contributed by atoms with Gasteiger partial charge >= 0.3 is 5.97 Å². The van der Waals surface area contributed by atoms with Gasteiger partial charge in [0.2, 0.25) is 5.91 Å². The van der Waals surface area contributed by atoms with Crippen LogP contribution in [0, 0.1) is 5.41 Å². The van der Waals surface area contributed by atoms with Crippen LogP contribution in [0.15, 0.2) is 41.3 Å². The molecular formula is C26H31NO6S. The minimum Gasteiger partial charge on any atom is -0.492 e. The number of carbonyl (C=O) groups is 3. The number of carbonyl (C=O) groups excluding carboxylic acids is 3. The number of rotatable bonds is 9. The van der Waals surface area contributed by atoms with Crippen molar-refractivity contribution in [2.45, 2.75) is 52.0 Å². The molecule has 0 spiro atoms. The number of anilines is 1. The van der Waals surface area contributed by atoms with Gasteiger partial charge in [-0.05, 0) is 32.0 Å². The molecule has 8 heteroatoms. The van der Waals surface area contributed by atoms with Crippen LogP contribution in [0.25, 0.3) is 0 Å². The summed E-state index contributed by atoms with van der Waals surface area (Å²) in [5.74, 6) is 0.419. The van der Waals surface area contributed by atoms with Crippen LogP contribution in [0.5, 0.6) is 11.5 Å². The first-order valence-electron chi connectivity index (χ1n) is 11.3. The molecule has 1 aliphatic heterocycles. The van der Waals surface area contributed by atoms with Crippen molar-refractivity contribution in [2.75, 3.05) is 24.3 Å². The van der Waals surface area contributed by atoms with Crippen molar-refractivity contribution in [3.05, 3.63) is 47.5 Å². The molecular weight excluding hydrogens is 454 g/mol. The van der Waals surface area contributed by atoms with Crippen molar-refractivity contribution in [3.63, 3.8) is 0 Å². The lowest BCUT2D eigenvalue weighted by Gasteiger charge is -2.16. The monoisotopic (exact) mass is 485 g/mol. The molecule has 0 radical (unpaired) electrons. The van der Waals surface area contributed by atoms with Crippen molar-refractivity contribution < 1.29 is 28.6 Å². The second-order valence-electron chi connectivity index (χ2n) is 9.10. The third-order valence-electron chi connectivity index (χ3n) is 5.21. The Kier molecular flexibility index (Phi) is 8.25. The zero-order valence-corrected chi connectivity index (χ0v) is 21.0. The molecule has 7 nitrogen and oxygen atoms in total. The van der Waals surface area contributed by atoms with Gasteiger partial charge in [0.1, 0.15) is 17.6 Å². The van der Waals surface area contributed by atoms with Gasteiger partial charge in [-0.25, -0.2) is 4.79 Å². The zero-order valence-electron chi connectivity index (χ0n) is 20.2. The van der Waals surface area contributed by atoms with Crippen molar-refractivity contribution in [1.82, 2.24) is 0 Å². The number of nitrogens with one attached hydrogen (secondary N) is 1. The Morgan fingerprint density at radius 1 is 1.18 bits per heavy atom. The largest absolute Gasteiger partial charge is 0.492 e. The Balaban J connectivity index is 1.64. The lowest BCUT2D eigenvalue weighted by atomic mass is 9.91. The summed E-state index contributed by atoms with van der Waals surface area (Å²) in [6.07, 6.45) is 0.884. The maximum absolute atomic E-state index is 12.7. The molecule has 3 rings (SSSR count). The third-order valence-corrected chi connectivity index (χ3v) is 6.28. The summed E-state index contributed by atoms with van der Waals surface area (Å²) in [6, 6.07) is 10.6. The summed E-state index contributed by atoms with van der Waals surface area (Å²) < 4.78 is 16.7. The fourth-order valence-electron chi connectivity index (χ4n) is 3.33. The first kappa shape index (κ1) is 25.6. The van der Waals surface area contributed by atoms with Crippen LogP contribution >= 0.6 is 11.8 Å². The molecule has 182 valence electrons. The van der Waals surface area contributed by atoms with Crippen LogP contribution in [0.3, 0.4) is 0 Å². The molecule has 1 amide bonds. The second-order valence-corrected chi connectivity index (χ2v) is 10.1. The zero-order chi connectivity index (χ0) is 24.9. The molecule has 2 aromatic rings. The van der Waals surface area contributed by atoms with Crippen LogP contribution in [-0.2, 0) is 20.7 Å². The Morgan fingerprint density at radius 2 is 1.91 bits per heavy atom. The van der Waals surface area contributed by atoms with E-state index in [1.54, 1.807) is 51.1 Å². The number of hydrogen-bond acceptors (Lipinski definition) is 7. The maximum atomic E-state index is 12.7. The molecule has 0 saturated heterocycles. The summed E-state index contributed by atoms with van der Waals surface area (Å²) in [7, 11) is 0.